The maximum Gasteiger partial charge on any atom is 0.334 e. The largest absolute Gasteiger partial charge is 0.479 e. The summed E-state index contributed by atoms with van der Waals surface area (Å²) in [6.07, 6.45) is -5.32. The van der Waals surface area contributed by atoms with Gasteiger partial charge in [-0.15, -0.1) is 0 Å². The predicted octanol–water partition coefficient (Wildman–Crippen LogP) is -3.12. The zero-order chi connectivity index (χ0) is 10.9. The highest BCUT2D eigenvalue weighted by molar-refractivity contribution is 5.73. The van der Waals surface area contributed by atoms with Crippen molar-refractivity contribution >= 4 is 5.97 Å². The zero-order valence-electron chi connectivity index (χ0n) is 7.28. The van der Waals surface area contributed by atoms with Crippen LogP contribution in [0.4, 0.5) is 0 Å². The van der Waals surface area contributed by atoms with Gasteiger partial charge in [-0.3, -0.25) is 0 Å². The lowest BCUT2D eigenvalue weighted by Gasteiger charge is -2.38. The molecule has 0 aromatic carbocycles. The number of carboxylic acid groups (broad SMARTS) is 1. The average Bonchev–Trinajstić information content (AvgIpc) is 2.14. The van der Waals surface area contributed by atoms with Crippen molar-refractivity contribution in [2.24, 2.45) is 5.73 Å². The van der Waals surface area contributed by atoms with Crippen LogP contribution in [0.25, 0.3) is 0 Å². The molecule has 1 aliphatic heterocycles. The van der Waals surface area contributed by atoms with Crippen molar-refractivity contribution in [2.45, 2.75) is 30.5 Å². The van der Waals surface area contributed by atoms with E-state index in [9.17, 15) is 15.0 Å². The molecule has 0 aromatic heterocycles. The van der Waals surface area contributed by atoms with Crippen molar-refractivity contribution in [1.82, 2.24) is 0 Å². The number of nitrogens with two attached hydrogens (primary N) is 1. The molecule has 0 amide bonds. The molecule has 1 rings (SSSR count). The maximum absolute atomic E-state index is 10.6. The molecule has 0 aliphatic carbocycles. The first-order valence-corrected chi connectivity index (χ1v) is 4.10. The van der Waals surface area contributed by atoms with Crippen LogP contribution >= 0.6 is 0 Å². The minimum absolute atomic E-state index is 0.575. The number of carboxylic acids is 1. The first-order chi connectivity index (χ1) is 6.49. The van der Waals surface area contributed by atoms with E-state index in [4.69, 9.17) is 20.7 Å². The summed E-state index contributed by atoms with van der Waals surface area (Å²) < 4.78 is 4.81. The van der Waals surface area contributed by atoms with Gasteiger partial charge in [0, 0.05) is 0 Å². The second kappa shape index (κ2) is 4.20. The normalized spacial score (nSPS) is 43.6. The van der Waals surface area contributed by atoms with Gasteiger partial charge in [0.25, 0.3) is 0 Å². The Bertz CT molecular complexity index is 220. The third kappa shape index (κ3) is 1.86. The highest BCUT2D eigenvalue weighted by Gasteiger charge is 2.45. The molecule has 0 bridgehead atoms. The summed E-state index contributed by atoms with van der Waals surface area (Å²) in [5, 5.41) is 36.0. The van der Waals surface area contributed by atoms with Gasteiger partial charge in [-0.2, -0.15) is 0 Å². The van der Waals surface area contributed by atoms with E-state index < -0.39 is 43.0 Å². The van der Waals surface area contributed by atoms with Crippen molar-refractivity contribution in [3.8, 4) is 0 Å². The minimum atomic E-state index is -1.41. The highest BCUT2D eigenvalue weighted by Crippen LogP contribution is 2.19. The van der Waals surface area contributed by atoms with E-state index in [2.05, 4.69) is 0 Å². The maximum atomic E-state index is 10.6. The van der Waals surface area contributed by atoms with Crippen LogP contribution < -0.4 is 5.73 Å². The van der Waals surface area contributed by atoms with Crippen molar-refractivity contribution in [3.63, 3.8) is 0 Å². The minimum Gasteiger partial charge on any atom is -0.479 e. The van der Waals surface area contributed by atoms with Gasteiger partial charge in [-0.25, -0.2) is 4.79 Å². The second-order valence-corrected chi connectivity index (χ2v) is 3.17. The molecule has 14 heavy (non-hydrogen) atoms. The Kier molecular flexibility index (Phi) is 3.40. The average molecular weight is 207 g/mol. The summed E-state index contributed by atoms with van der Waals surface area (Å²) in [6, 6.07) is -1.20. The fraction of sp³-hybridized carbons (Fsp3) is 0.857. The number of ether oxygens (including phenoxy) is 1. The standard InChI is InChI=1S/C7H13NO6/c8-3-5(11)4(10)2(1-9)14-6(3)7(12)13/h2-6,9-11H,1,8H2,(H,12,13)/t2?,3-,4-,5-,6-/m0/s1. The van der Waals surface area contributed by atoms with Crippen molar-refractivity contribution < 1.29 is 30.0 Å². The fourth-order valence-corrected chi connectivity index (χ4v) is 1.36. The van der Waals surface area contributed by atoms with Crippen LogP contribution in [-0.2, 0) is 9.53 Å². The molecule has 7 heteroatoms. The third-order valence-electron chi connectivity index (χ3n) is 2.22. The number of aliphatic hydroxyl groups excluding tert-OH is 3. The number of aliphatic hydroxyl groups is 3. The zero-order valence-corrected chi connectivity index (χ0v) is 7.28. The smallest absolute Gasteiger partial charge is 0.334 e. The van der Waals surface area contributed by atoms with Crippen LogP contribution in [0.5, 0.6) is 0 Å². The van der Waals surface area contributed by atoms with Crippen LogP contribution in [0.1, 0.15) is 0 Å². The van der Waals surface area contributed by atoms with Gasteiger partial charge >= 0.3 is 5.97 Å². The van der Waals surface area contributed by atoms with Gasteiger partial charge in [0.05, 0.1) is 12.6 Å². The van der Waals surface area contributed by atoms with Crippen molar-refractivity contribution in [3.05, 3.63) is 0 Å². The van der Waals surface area contributed by atoms with Crippen LogP contribution in [0.15, 0.2) is 0 Å². The molecule has 7 nitrogen and oxygen atoms in total. The van der Waals surface area contributed by atoms with E-state index in [1.54, 1.807) is 0 Å². The molecule has 0 spiro atoms. The summed E-state index contributed by atoms with van der Waals surface area (Å²) in [4.78, 5) is 10.6. The van der Waals surface area contributed by atoms with Gasteiger partial charge in [-0.1, -0.05) is 0 Å². The lowest BCUT2D eigenvalue weighted by molar-refractivity contribution is -0.202. The van der Waals surface area contributed by atoms with E-state index in [0.29, 0.717) is 0 Å². The van der Waals surface area contributed by atoms with Gasteiger partial charge in [-0.05, 0) is 0 Å². The summed E-state index contributed by atoms with van der Waals surface area (Å²) in [6.45, 7) is -0.575. The molecule has 6 N–H and O–H groups in total. The molecular formula is C7H13NO6. The van der Waals surface area contributed by atoms with Crippen LogP contribution in [-0.4, -0.2) is 63.5 Å². The number of rotatable bonds is 2. The van der Waals surface area contributed by atoms with Gasteiger partial charge in [0.15, 0.2) is 6.10 Å². The molecule has 1 heterocycles. The van der Waals surface area contributed by atoms with E-state index >= 15 is 0 Å². The second-order valence-electron chi connectivity index (χ2n) is 3.17. The third-order valence-corrected chi connectivity index (χ3v) is 2.22. The Labute approximate surface area is 79.7 Å². The molecule has 5 atom stereocenters. The Morgan fingerprint density at radius 2 is 1.93 bits per heavy atom. The Morgan fingerprint density at radius 1 is 1.36 bits per heavy atom. The van der Waals surface area contributed by atoms with Crippen LogP contribution in [0.2, 0.25) is 0 Å². The van der Waals surface area contributed by atoms with E-state index in [0.717, 1.165) is 0 Å². The summed E-state index contributed by atoms with van der Waals surface area (Å²) in [5.41, 5.74) is 5.33. The molecular weight excluding hydrogens is 194 g/mol. The molecule has 1 saturated heterocycles. The van der Waals surface area contributed by atoms with Crippen molar-refractivity contribution in [2.75, 3.05) is 6.61 Å². The number of aliphatic carboxylic acids is 1. The number of hydrogen-bond donors (Lipinski definition) is 5. The molecule has 82 valence electrons. The SMILES string of the molecule is N[C@H]1[C@H](O)[C@@H](O)C(CO)O[C@@H]1C(=O)O. The van der Waals surface area contributed by atoms with Crippen molar-refractivity contribution in [1.29, 1.82) is 0 Å². The van der Waals surface area contributed by atoms with Crippen LogP contribution in [0.3, 0.4) is 0 Å². The Morgan fingerprint density at radius 3 is 2.36 bits per heavy atom. The monoisotopic (exact) mass is 207 g/mol. The van der Waals surface area contributed by atoms with Gasteiger partial charge < -0.3 is 30.9 Å². The summed E-state index contributed by atoms with van der Waals surface area (Å²) >= 11 is 0. The summed E-state index contributed by atoms with van der Waals surface area (Å²) in [7, 11) is 0. The van der Waals surface area contributed by atoms with Crippen LogP contribution in [0, 0.1) is 0 Å². The first-order valence-electron chi connectivity index (χ1n) is 4.10. The molecule has 1 fully saturated rings. The molecule has 0 aromatic rings. The quantitative estimate of drug-likeness (QED) is 0.323. The molecule has 1 aliphatic rings. The van der Waals surface area contributed by atoms with Gasteiger partial charge in [0.1, 0.15) is 18.3 Å². The topological polar surface area (TPSA) is 133 Å². The highest BCUT2D eigenvalue weighted by atomic mass is 16.5. The lowest BCUT2D eigenvalue weighted by atomic mass is 9.93. The number of carbonyl (C=O) groups is 1. The molecule has 0 saturated carbocycles. The molecule has 0 radical (unpaired) electrons. The van der Waals surface area contributed by atoms with E-state index in [1.165, 1.54) is 0 Å². The fourth-order valence-electron chi connectivity index (χ4n) is 1.36. The molecule has 1 unspecified atom stereocenters. The Balaban J connectivity index is 2.78. The van der Waals surface area contributed by atoms with E-state index in [1.807, 2.05) is 0 Å². The lowest BCUT2D eigenvalue weighted by Crippen LogP contribution is -2.63. The van der Waals surface area contributed by atoms with E-state index in [-0.39, 0.29) is 0 Å². The van der Waals surface area contributed by atoms with Gasteiger partial charge in [0.2, 0.25) is 0 Å². The Hall–Kier alpha value is -0.730. The summed E-state index contributed by atoms with van der Waals surface area (Å²) in [5.74, 6) is -1.33. The number of hydrogen-bond acceptors (Lipinski definition) is 6. The predicted molar refractivity (Wildman–Crippen MR) is 43.4 cm³/mol. The first kappa shape index (κ1) is 11.3.